The minimum atomic E-state index is -0.630. The largest absolute Gasteiger partial charge is 0.438 e. The van der Waals surface area contributed by atoms with Gasteiger partial charge in [0, 0.05) is 7.05 Å². The number of hydrogen-bond donors (Lipinski definition) is 1. The van der Waals surface area contributed by atoms with Crippen LogP contribution in [0, 0.1) is 7.11 Å². The van der Waals surface area contributed by atoms with E-state index in [0.717, 1.165) is 0 Å². The SMILES string of the molecule is [CH]OC(=O)NC. The van der Waals surface area contributed by atoms with Gasteiger partial charge in [0.1, 0.15) is 0 Å². The van der Waals surface area contributed by atoms with Gasteiger partial charge in [-0.15, -0.1) is 0 Å². The van der Waals surface area contributed by atoms with Gasteiger partial charge in [-0.1, -0.05) is 0 Å². The van der Waals surface area contributed by atoms with Gasteiger partial charge in [-0.3, -0.25) is 0 Å². The average Bonchev–Trinajstić information content (AvgIpc) is 1.65. The molecule has 0 aliphatic heterocycles. The Hall–Kier alpha value is -0.730. The van der Waals surface area contributed by atoms with Crippen molar-refractivity contribution in [2.24, 2.45) is 0 Å². The van der Waals surface area contributed by atoms with Crippen LogP contribution in [0.15, 0.2) is 0 Å². The summed E-state index contributed by atoms with van der Waals surface area (Å²) in [7, 11) is 5.80. The molecule has 0 aliphatic carbocycles. The number of alkyl carbamates (subject to hydrolysis) is 1. The summed E-state index contributed by atoms with van der Waals surface area (Å²) in [5.74, 6) is 0. The second-order valence-electron chi connectivity index (χ2n) is 0.655. The lowest BCUT2D eigenvalue weighted by Crippen LogP contribution is -2.15. The zero-order valence-corrected chi connectivity index (χ0v) is 3.39. The molecule has 0 rings (SSSR count). The number of rotatable bonds is 0. The summed E-state index contributed by atoms with van der Waals surface area (Å²) in [6, 6.07) is 0. The van der Waals surface area contributed by atoms with E-state index in [-0.39, 0.29) is 0 Å². The van der Waals surface area contributed by atoms with Gasteiger partial charge in [0.2, 0.25) is 0 Å². The fourth-order valence-corrected chi connectivity index (χ4v) is 0.0589. The van der Waals surface area contributed by atoms with Crippen LogP contribution in [0.5, 0.6) is 0 Å². The van der Waals surface area contributed by atoms with Crippen LogP contribution in [0.2, 0.25) is 0 Å². The Balaban J connectivity index is 2.99. The van der Waals surface area contributed by atoms with Gasteiger partial charge in [0.05, 0.1) is 0 Å². The van der Waals surface area contributed by atoms with Gasteiger partial charge in [-0.2, -0.15) is 0 Å². The maximum absolute atomic E-state index is 9.72. The van der Waals surface area contributed by atoms with Gasteiger partial charge < -0.3 is 10.1 Å². The van der Waals surface area contributed by atoms with E-state index in [1.54, 1.807) is 0 Å². The van der Waals surface area contributed by atoms with Crippen molar-refractivity contribution in [2.45, 2.75) is 0 Å². The molecule has 0 unspecified atom stereocenters. The third kappa shape index (κ3) is 1.58. The van der Waals surface area contributed by atoms with Gasteiger partial charge >= 0.3 is 6.09 Å². The van der Waals surface area contributed by atoms with Crippen LogP contribution in [0.1, 0.15) is 0 Å². The summed E-state index contributed by atoms with van der Waals surface area (Å²) in [4.78, 5) is 9.72. The van der Waals surface area contributed by atoms with E-state index < -0.39 is 6.09 Å². The molecule has 0 aromatic carbocycles. The molecule has 0 saturated carbocycles. The molecule has 0 saturated heterocycles. The van der Waals surface area contributed by atoms with Crippen LogP contribution in [0.25, 0.3) is 0 Å². The van der Waals surface area contributed by atoms with E-state index in [1.165, 1.54) is 7.05 Å². The predicted octanol–water partition coefficient (Wildman–Crippen LogP) is 0.0110. The Labute approximate surface area is 36.3 Å². The summed E-state index contributed by atoms with van der Waals surface area (Å²) in [5, 5.41) is 2.13. The van der Waals surface area contributed by atoms with Crippen molar-refractivity contribution in [1.29, 1.82) is 0 Å². The Kier molecular flexibility index (Phi) is 2.20. The van der Waals surface area contributed by atoms with Crippen molar-refractivity contribution in [3.8, 4) is 0 Å². The smallest absolute Gasteiger partial charge is 0.407 e. The van der Waals surface area contributed by atoms with Crippen LogP contribution >= 0.6 is 0 Å². The number of ether oxygens (including phenoxy) is 1. The second-order valence-corrected chi connectivity index (χ2v) is 0.655. The third-order valence-electron chi connectivity index (χ3n) is 0.311. The predicted molar refractivity (Wildman–Crippen MR) is 19.8 cm³/mol. The summed E-state index contributed by atoms with van der Waals surface area (Å²) < 4.78 is 3.65. The molecular weight excluding hydrogens is 82.0 g/mol. The first-order chi connectivity index (χ1) is 2.81. The molecule has 3 nitrogen and oxygen atoms in total. The molecule has 0 aromatic heterocycles. The standard InChI is InChI=1S/C3H5NO2/c1-4-3(5)6-2/h2H,1H3,(H,4,5). The minimum absolute atomic E-state index is 0.630. The Morgan fingerprint density at radius 2 is 2.50 bits per heavy atom. The average molecular weight is 87.1 g/mol. The van der Waals surface area contributed by atoms with Crippen molar-refractivity contribution in [2.75, 3.05) is 7.05 Å². The quantitative estimate of drug-likeness (QED) is 0.452. The van der Waals surface area contributed by atoms with Crippen molar-refractivity contribution in [3.63, 3.8) is 0 Å². The second kappa shape index (κ2) is 2.50. The molecule has 6 heavy (non-hydrogen) atoms. The molecule has 0 aliphatic rings. The molecule has 2 radical (unpaired) electrons. The first kappa shape index (κ1) is 5.27. The molecule has 0 atom stereocenters. The van der Waals surface area contributed by atoms with Crippen molar-refractivity contribution >= 4 is 6.09 Å². The summed E-state index contributed by atoms with van der Waals surface area (Å²) in [6.07, 6.45) is -0.630. The highest BCUT2D eigenvalue weighted by atomic mass is 16.5. The number of amides is 1. The summed E-state index contributed by atoms with van der Waals surface area (Å²) in [6.45, 7) is 0. The Bertz CT molecular complexity index is 46.8. The van der Waals surface area contributed by atoms with Gasteiger partial charge in [-0.05, 0) is 0 Å². The van der Waals surface area contributed by atoms with Crippen molar-refractivity contribution in [3.05, 3.63) is 7.11 Å². The van der Waals surface area contributed by atoms with Crippen molar-refractivity contribution in [1.82, 2.24) is 5.32 Å². The number of nitrogens with one attached hydrogen (secondary N) is 1. The first-order valence-electron chi connectivity index (χ1n) is 1.39. The van der Waals surface area contributed by atoms with E-state index in [0.29, 0.717) is 0 Å². The topological polar surface area (TPSA) is 38.3 Å². The van der Waals surface area contributed by atoms with Gasteiger partial charge in [-0.25, -0.2) is 4.79 Å². The molecule has 1 amide bonds. The fourth-order valence-electron chi connectivity index (χ4n) is 0.0589. The van der Waals surface area contributed by atoms with E-state index in [4.69, 9.17) is 0 Å². The molecule has 1 N–H and O–H groups in total. The molecule has 0 aromatic rings. The highest BCUT2D eigenvalue weighted by Gasteiger charge is 1.85. The van der Waals surface area contributed by atoms with Crippen LogP contribution in [-0.4, -0.2) is 13.1 Å². The lowest BCUT2D eigenvalue weighted by Gasteiger charge is -1.89. The fraction of sp³-hybridized carbons (Fsp3) is 0.333. The number of carbonyl (C=O) groups is 1. The summed E-state index contributed by atoms with van der Waals surface area (Å²) >= 11 is 0. The highest BCUT2D eigenvalue weighted by molar-refractivity contribution is 5.66. The maximum atomic E-state index is 9.72. The van der Waals surface area contributed by atoms with E-state index >= 15 is 0 Å². The molecule has 0 heterocycles. The molecular formula is C3H5NO2. The molecule has 34 valence electrons. The molecule has 0 spiro atoms. The van der Waals surface area contributed by atoms with Crippen molar-refractivity contribution < 1.29 is 9.53 Å². The van der Waals surface area contributed by atoms with E-state index in [9.17, 15) is 4.79 Å². The summed E-state index contributed by atoms with van der Waals surface area (Å²) in [5.41, 5.74) is 0. The number of hydrogen-bond acceptors (Lipinski definition) is 2. The minimum Gasteiger partial charge on any atom is -0.438 e. The van der Waals surface area contributed by atoms with E-state index in [1.807, 2.05) is 0 Å². The molecule has 0 fully saturated rings. The van der Waals surface area contributed by atoms with Crippen LogP contribution < -0.4 is 5.32 Å². The maximum Gasteiger partial charge on any atom is 0.407 e. The Morgan fingerprint density at radius 1 is 2.00 bits per heavy atom. The first-order valence-corrected chi connectivity index (χ1v) is 1.39. The van der Waals surface area contributed by atoms with Gasteiger partial charge in [0.25, 0.3) is 0 Å². The third-order valence-corrected chi connectivity index (χ3v) is 0.311. The van der Waals surface area contributed by atoms with Crippen LogP contribution in [0.4, 0.5) is 4.79 Å². The number of carbonyl (C=O) groups excluding carboxylic acids is 1. The monoisotopic (exact) mass is 87.0 g/mol. The zero-order valence-electron chi connectivity index (χ0n) is 3.39. The lowest BCUT2D eigenvalue weighted by molar-refractivity contribution is 0.186. The lowest BCUT2D eigenvalue weighted by atomic mass is 11.1. The Morgan fingerprint density at radius 3 is 2.50 bits per heavy atom. The van der Waals surface area contributed by atoms with Gasteiger partial charge in [0.15, 0.2) is 7.11 Å². The van der Waals surface area contributed by atoms with Crippen LogP contribution in [0.3, 0.4) is 0 Å². The van der Waals surface area contributed by atoms with Crippen LogP contribution in [-0.2, 0) is 4.74 Å². The normalized spacial score (nSPS) is 7.00. The molecule has 0 bridgehead atoms. The highest BCUT2D eigenvalue weighted by Crippen LogP contribution is 1.64. The molecule has 3 heteroatoms. The van der Waals surface area contributed by atoms with E-state index in [2.05, 4.69) is 17.2 Å². The zero-order chi connectivity index (χ0) is 4.99.